The third-order valence-electron chi connectivity index (χ3n) is 2.49. The zero-order valence-electron chi connectivity index (χ0n) is 8.70. The van der Waals surface area contributed by atoms with E-state index in [-0.39, 0.29) is 5.91 Å². The Bertz CT molecular complexity index is 179. The fourth-order valence-corrected chi connectivity index (χ4v) is 1.48. The van der Waals surface area contributed by atoms with Gasteiger partial charge in [0.1, 0.15) is 6.61 Å². The van der Waals surface area contributed by atoms with E-state index in [9.17, 15) is 4.79 Å². The smallest absolute Gasteiger partial charge is 0.245 e. The van der Waals surface area contributed by atoms with Crippen LogP contribution in [0.2, 0.25) is 0 Å². The molecule has 0 aromatic carbocycles. The topological polar surface area (TPSA) is 55.8 Å². The van der Waals surface area contributed by atoms with Gasteiger partial charge in [0.15, 0.2) is 0 Å². The summed E-state index contributed by atoms with van der Waals surface area (Å²) in [5, 5.41) is 11.1. The van der Waals surface area contributed by atoms with Gasteiger partial charge in [0, 0.05) is 39.3 Å². The number of aliphatic hydroxyl groups is 1. The fourth-order valence-electron chi connectivity index (χ4n) is 1.48. The molecule has 0 spiro atoms. The van der Waals surface area contributed by atoms with Crippen LogP contribution in [0, 0.1) is 0 Å². The maximum Gasteiger partial charge on any atom is 0.245 e. The van der Waals surface area contributed by atoms with Crippen LogP contribution in [0.25, 0.3) is 0 Å². The Morgan fingerprint density at radius 2 is 2.00 bits per heavy atom. The predicted molar refractivity (Wildman–Crippen MR) is 54.0 cm³/mol. The Morgan fingerprint density at radius 3 is 2.57 bits per heavy atom. The molecule has 0 aromatic rings. The van der Waals surface area contributed by atoms with Crippen molar-refractivity contribution in [2.75, 3.05) is 52.9 Å². The quantitative estimate of drug-likeness (QED) is 0.572. The van der Waals surface area contributed by atoms with Gasteiger partial charge in [0.05, 0.1) is 0 Å². The number of carbonyl (C=O) groups excluding carboxylic acids is 1. The van der Waals surface area contributed by atoms with E-state index in [0.717, 1.165) is 32.7 Å². The minimum Gasteiger partial charge on any atom is -0.387 e. The largest absolute Gasteiger partial charge is 0.387 e. The average molecular weight is 201 g/mol. The molecule has 0 saturated carbocycles. The van der Waals surface area contributed by atoms with Crippen LogP contribution in [0.1, 0.15) is 0 Å². The second kappa shape index (κ2) is 5.95. The molecule has 5 heteroatoms. The fraction of sp³-hybridized carbons (Fsp3) is 0.889. The molecule has 1 rings (SSSR count). The molecular formula is C9H19N3O2. The minimum atomic E-state index is -0.414. The van der Waals surface area contributed by atoms with Crippen molar-refractivity contribution in [2.45, 2.75) is 0 Å². The standard InChI is InChI=1S/C9H19N3O2/c1-11-4-6-12(7-5-11)3-2-10-9(14)8-13/h13H,2-8H2,1H3,(H,10,14). The van der Waals surface area contributed by atoms with Crippen LogP contribution in [0.15, 0.2) is 0 Å². The monoisotopic (exact) mass is 201 g/mol. The number of carbonyl (C=O) groups is 1. The zero-order chi connectivity index (χ0) is 10.4. The van der Waals surface area contributed by atoms with Crippen molar-refractivity contribution in [3.8, 4) is 0 Å². The minimum absolute atomic E-state index is 0.292. The van der Waals surface area contributed by atoms with Gasteiger partial charge in [-0.05, 0) is 7.05 Å². The summed E-state index contributed by atoms with van der Waals surface area (Å²) in [5.41, 5.74) is 0. The molecule has 1 aliphatic rings. The molecule has 2 N–H and O–H groups in total. The van der Waals surface area contributed by atoms with Crippen LogP contribution < -0.4 is 5.32 Å². The summed E-state index contributed by atoms with van der Waals surface area (Å²) in [6.45, 7) is 5.39. The number of nitrogens with one attached hydrogen (secondary N) is 1. The first kappa shape index (κ1) is 11.4. The maximum atomic E-state index is 10.7. The summed E-state index contributed by atoms with van der Waals surface area (Å²) in [7, 11) is 2.12. The van der Waals surface area contributed by atoms with Crippen LogP contribution >= 0.6 is 0 Å². The number of hydrogen-bond donors (Lipinski definition) is 2. The molecule has 0 aromatic heterocycles. The highest BCUT2D eigenvalue weighted by molar-refractivity contribution is 5.76. The van der Waals surface area contributed by atoms with Gasteiger partial charge >= 0.3 is 0 Å². The molecule has 1 aliphatic heterocycles. The van der Waals surface area contributed by atoms with Gasteiger partial charge in [0.25, 0.3) is 0 Å². The summed E-state index contributed by atoms with van der Waals surface area (Å²) in [6.07, 6.45) is 0. The molecule has 82 valence electrons. The Balaban J connectivity index is 2.04. The van der Waals surface area contributed by atoms with Gasteiger partial charge in [-0.1, -0.05) is 0 Å². The maximum absolute atomic E-state index is 10.7. The van der Waals surface area contributed by atoms with Gasteiger partial charge in [-0.3, -0.25) is 9.69 Å². The van der Waals surface area contributed by atoms with Crippen LogP contribution in [-0.2, 0) is 4.79 Å². The molecule has 0 unspecified atom stereocenters. The van der Waals surface area contributed by atoms with Crippen molar-refractivity contribution >= 4 is 5.91 Å². The SMILES string of the molecule is CN1CCN(CCNC(=O)CO)CC1. The molecule has 5 nitrogen and oxygen atoms in total. The lowest BCUT2D eigenvalue weighted by Gasteiger charge is -2.32. The Kier molecular flexibility index (Phi) is 4.86. The van der Waals surface area contributed by atoms with Crippen molar-refractivity contribution in [3.05, 3.63) is 0 Å². The van der Waals surface area contributed by atoms with Crippen LogP contribution in [-0.4, -0.2) is 73.7 Å². The highest BCUT2D eigenvalue weighted by Crippen LogP contribution is 1.97. The molecule has 0 bridgehead atoms. The lowest BCUT2D eigenvalue weighted by Crippen LogP contribution is -2.47. The molecule has 1 fully saturated rings. The Hall–Kier alpha value is -0.650. The van der Waals surface area contributed by atoms with Crippen molar-refractivity contribution in [2.24, 2.45) is 0 Å². The second-order valence-corrected chi connectivity index (χ2v) is 3.65. The summed E-state index contributed by atoms with van der Waals surface area (Å²) in [6, 6.07) is 0. The molecule has 0 aliphatic carbocycles. The van der Waals surface area contributed by atoms with Gasteiger partial charge in [0.2, 0.25) is 5.91 Å². The first-order valence-electron chi connectivity index (χ1n) is 5.01. The van der Waals surface area contributed by atoms with Gasteiger partial charge < -0.3 is 15.3 Å². The Labute approximate surface area is 84.7 Å². The first-order chi connectivity index (χ1) is 6.72. The van der Waals surface area contributed by atoms with E-state index in [2.05, 4.69) is 22.2 Å². The Morgan fingerprint density at radius 1 is 1.36 bits per heavy atom. The lowest BCUT2D eigenvalue weighted by molar-refractivity contribution is -0.123. The molecule has 14 heavy (non-hydrogen) atoms. The molecule has 1 amide bonds. The van der Waals surface area contributed by atoms with Crippen molar-refractivity contribution in [3.63, 3.8) is 0 Å². The average Bonchev–Trinajstić information content (AvgIpc) is 2.21. The van der Waals surface area contributed by atoms with Crippen molar-refractivity contribution in [1.29, 1.82) is 0 Å². The molecule has 0 radical (unpaired) electrons. The number of piperazine rings is 1. The number of nitrogens with zero attached hydrogens (tertiary/aromatic N) is 2. The van der Waals surface area contributed by atoms with Gasteiger partial charge in [-0.15, -0.1) is 0 Å². The third-order valence-corrected chi connectivity index (χ3v) is 2.49. The number of amides is 1. The number of aliphatic hydroxyl groups excluding tert-OH is 1. The van der Waals surface area contributed by atoms with Gasteiger partial charge in [-0.2, -0.15) is 0 Å². The first-order valence-corrected chi connectivity index (χ1v) is 5.01. The lowest BCUT2D eigenvalue weighted by atomic mass is 10.3. The van der Waals surface area contributed by atoms with E-state index in [1.54, 1.807) is 0 Å². The molecule has 1 heterocycles. The molecular weight excluding hydrogens is 182 g/mol. The zero-order valence-corrected chi connectivity index (χ0v) is 8.70. The van der Waals surface area contributed by atoms with E-state index in [1.807, 2.05) is 0 Å². The molecule has 1 saturated heterocycles. The van der Waals surface area contributed by atoms with E-state index in [0.29, 0.717) is 6.54 Å². The highest BCUT2D eigenvalue weighted by Gasteiger charge is 2.12. The number of hydrogen-bond acceptors (Lipinski definition) is 4. The van der Waals surface area contributed by atoms with Crippen LogP contribution in [0.5, 0.6) is 0 Å². The highest BCUT2D eigenvalue weighted by atomic mass is 16.3. The normalized spacial score (nSPS) is 19.6. The second-order valence-electron chi connectivity index (χ2n) is 3.65. The van der Waals surface area contributed by atoms with Crippen molar-refractivity contribution in [1.82, 2.24) is 15.1 Å². The summed E-state index contributed by atoms with van der Waals surface area (Å²) < 4.78 is 0. The van der Waals surface area contributed by atoms with E-state index in [4.69, 9.17) is 5.11 Å². The van der Waals surface area contributed by atoms with Crippen molar-refractivity contribution < 1.29 is 9.90 Å². The van der Waals surface area contributed by atoms with Crippen LogP contribution in [0.4, 0.5) is 0 Å². The van der Waals surface area contributed by atoms with E-state index < -0.39 is 6.61 Å². The predicted octanol–water partition coefficient (Wildman–Crippen LogP) is -1.66. The molecule has 0 atom stereocenters. The number of rotatable bonds is 4. The summed E-state index contributed by atoms with van der Waals surface area (Å²) >= 11 is 0. The summed E-state index contributed by atoms with van der Waals surface area (Å²) in [5.74, 6) is -0.292. The van der Waals surface area contributed by atoms with Gasteiger partial charge in [-0.25, -0.2) is 0 Å². The van der Waals surface area contributed by atoms with E-state index in [1.165, 1.54) is 0 Å². The third kappa shape index (κ3) is 4.04. The van der Waals surface area contributed by atoms with Crippen LogP contribution in [0.3, 0.4) is 0 Å². The summed E-state index contributed by atoms with van der Waals surface area (Å²) in [4.78, 5) is 15.3. The van der Waals surface area contributed by atoms with E-state index >= 15 is 0 Å². The number of likely N-dealkylation sites (N-methyl/N-ethyl adjacent to an activating group) is 1.